The largest absolute Gasteiger partial charge is 0.353 e. The summed E-state index contributed by atoms with van der Waals surface area (Å²) in [7, 11) is 0. The van der Waals surface area contributed by atoms with Crippen molar-refractivity contribution in [3.8, 4) is 0 Å². The molecule has 0 heterocycles. The molecule has 33 heavy (non-hydrogen) atoms. The normalized spacial score (nSPS) is 21.8. The van der Waals surface area contributed by atoms with Gasteiger partial charge in [-0.2, -0.15) is 0 Å². The van der Waals surface area contributed by atoms with E-state index in [0.717, 1.165) is 31.2 Å². The van der Waals surface area contributed by atoms with Gasteiger partial charge in [-0.15, -0.1) is 24.8 Å². The van der Waals surface area contributed by atoms with Gasteiger partial charge in [-0.25, -0.2) is 0 Å². The maximum atomic E-state index is 13.1. The Bertz CT molecular complexity index is 690. The minimum absolute atomic E-state index is 0. The average molecular weight is 504 g/mol. The molecule has 6 nitrogen and oxygen atoms in total. The summed E-state index contributed by atoms with van der Waals surface area (Å²) < 4.78 is 0. The lowest BCUT2D eigenvalue weighted by atomic mass is 9.70. The molecule has 0 radical (unpaired) electrons. The SMILES string of the molecule is CC(C)[C@@H]1CC[C@@H](C)C[C@H]1C(=O)NC[C@@H](NC(=O)[C@@H](N)CCCCN)c1ccccc1.Cl.Cl. The lowest BCUT2D eigenvalue weighted by Gasteiger charge is -2.36. The zero-order valence-corrected chi connectivity index (χ0v) is 21.9. The lowest BCUT2D eigenvalue weighted by molar-refractivity contribution is -0.130. The molecule has 0 unspecified atom stereocenters. The van der Waals surface area contributed by atoms with Crippen LogP contribution in [0, 0.1) is 23.7 Å². The number of hydrogen-bond acceptors (Lipinski definition) is 4. The van der Waals surface area contributed by atoms with Crippen molar-refractivity contribution in [1.29, 1.82) is 0 Å². The molecule has 2 rings (SSSR count). The van der Waals surface area contributed by atoms with E-state index in [0.29, 0.717) is 37.3 Å². The third-order valence-electron chi connectivity index (χ3n) is 6.66. The van der Waals surface area contributed by atoms with Crippen LogP contribution in [0.5, 0.6) is 0 Å². The van der Waals surface area contributed by atoms with Gasteiger partial charge in [-0.3, -0.25) is 9.59 Å². The highest BCUT2D eigenvalue weighted by Crippen LogP contribution is 2.38. The molecule has 6 N–H and O–H groups in total. The second kappa shape index (κ2) is 16.3. The molecule has 1 aromatic rings. The van der Waals surface area contributed by atoms with Gasteiger partial charge < -0.3 is 22.1 Å². The van der Waals surface area contributed by atoms with Gasteiger partial charge in [0.15, 0.2) is 0 Å². The summed E-state index contributed by atoms with van der Waals surface area (Å²) in [6.07, 6.45) is 5.52. The molecule has 1 aliphatic rings. The quantitative estimate of drug-likeness (QED) is 0.343. The number of carbonyl (C=O) groups is 2. The molecule has 1 aliphatic carbocycles. The van der Waals surface area contributed by atoms with Crippen LogP contribution in [0.15, 0.2) is 30.3 Å². The summed E-state index contributed by atoms with van der Waals surface area (Å²) in [5, 5.41) is 6.19. The zero-order chi connectivity index (χ0) is 22.8. The minimum Gasteiger partial charge on any atom is -0.353 e. The Morgan fingerprint density at radius 3 is 2.36 bits per heavy atom. The summed E-state index contributed by atoms with van der Waals surface area (Å²) in [6, 6.07) is 8.88. The molecule has 0 aliphatic heterocycles. The fourth-order valence-corrected chi connectivity index (χ4v) is 4.69. The lowest BCUT2D eigenvalue weighted by Crippen LogP contribution is -2.47. The van der Waals surface area contributed by atoms with E-state index in [4.69, 9.17) is 11.5 Å². The maximum absolute atomic E-state index is 13.1. The van der Waals surface area contributed by atoms with E-state index in [-0.39, 0.29) is 48.6 Å². The van der Waals surface area contributed by atoms with Crippen molar-refractivity contribution in [3.63, 3.8) is 0 Å². The molecule has 2 amide bonds. The van der Waals surface area contributed by atoms with Gasteiger partial charge in [0.05, 0.1) is 12.1 Å². The van der Waals surface area contributed by atoms with Gasteiger partial charge in [0.2, 0.25) is 11.8 Å². The Kier molecular flexibility index (Phi) is 15.7. The van der Waals surface area contributed by atoms with Crippen LogP contribution in [0.1, 0.15) is 70.9 Å². The van der Waals surface area contributed by atoms with Gasteiger partial charge >= 0.3 is 0 Å². The van der Waals surface area contributed by atoms with Crippen molar-refractivity contribution >= 4 is 36.6 Å². The molecule has 1 aromatic carbocycles. The number of amides is 2. The fraction of sp³-hybridized carbons (Fsp3) is 0.680. The smallest absolute Gasteiger partial charge is 0.237 e. The standard InChI is InChI=1S/C25H42N4O2.2ClH/c1-17(2)20-13-12-18(3)15-21(20)24(30)28-16-23(19-9-5-4-6-10-19)29-25(31)22(27)11-7-8-14-26;;/h4-6,9-10,17-18,20-23H,7-8,11-16,26-27H2,1-3H3,(H,28,30)(H,29,31);2*1H/t18-,20+,21-,22+,23-;;/m1../s1. The molecular formula is C25H44Cl2N4O2. The minimum atomic E-state index is -0.571. The molecule has 1 saturated carbocycles. The van der Waals surface area contributed by atoms with E-state index in [1.165, 1.54) is 6.42 Å². The predicted octanol–water partition coefficient (Wildman–Crippen LogP) is 3.97. The summed E-state index contributed by atoms with van der Waals surface area (Å²) >= 11 is 0. The summed E-state index contributed by atoms with van der Waals surface area (Å²) in [5.74, 6) is 1.42. The summed E-state index contributed by atoms with van der Waals surface area (Å²) in [6.45, 7) is 7.61. The molecule has 8 heteroatoms. The highest BCUT2D eigenvalue weighted by molar-refractivity contribution is 5.85. The Morgan fingerprint density at radius 1 is 1.09 bits per heavy atom. The number of carbonyl (C=O) groups excluding carboxylic acids is 2. The van der Waals surface area contributed by atoms with Crippen molar-refractivity contribution in [2.45, 2.75) is 71.4 Å². The summed E-state index contributed by atoms with van der Waals surface area (Å²) in [5.41, 5.74) is 12.6. The number of nitrogens with two attached hydrogens (primary N) is 2. The van der Waals surface area contributed by atoms with Crippen LogP contribution in [0.4, 0.5) is 0 Å². The van der Waals surface area contributed by atoms with Crippen molar-refractivity contribution in [3.05, 3.63) is 35.9 Å². The average Bonchev–Trinajstić information content (AvgIpc) is 2.76. The van der Waals surface area contributed by atoms with E-state index in [1.807, 2.05) is 30.3 Å². The highest BCUT2D eigenvalue weighted by Gasteiger charge is 2.35. The zero-order valence-electron chi connectivity index (χ0n) is 20.3. The molecule has 0 spiro atoms. The molecule has 0 aromatic heterocycles. The number of benzene rings is 1. The maximum Gasteiger partial charge on any atom is 0.237 e. The first kappa shape index (κ1) is 31.7. The van der Waals surface area contributed by atoms with Gasteiger partial charge in [0.25, 0.3) is 0 Å². The first-order valence-corrected chi connectivity index (χ1v) is 11.9. The third-order valence-corrected chi connectivity index (χ3v) is 6.66. The Hall–Kier alpha value is -1.34. The van der Waals surface area contributed by atoms with E-state index in [2.05, 4.69) is 31.4 Å². The van der Waals surface area contributed by atoms with Gasteiger partial charge in [-0.1, -0.05) is 63.9 Å². The van der Waals surface area contributed by atoms with Crippen LogP contribution >= 0.6 is 24.8 Å². The second-order valence-corrected chi connectivity index (χ2v) is 9.54. The van der Waals surface area contributed by atoms with E-state index in [9.17, 15) is 9.59 Å². The van der Waals surface area contributed by atoms with Gasteiger partial charge in [0.1, 0.15) is 0 Å². The molecule has 0 bridgehead atoms. The predicted molar refractivity (Wildman–Crippen MR) is 141 cm³/mol. The van der Waals surface area contributed by atoms with Crippen LogP contribution in [0.2, 0.25) is 0 Å². The number of unbranched alkanes of at least 4 members (excludes halogenated alkanes) is 1. The molecule has 190 valence electrons. The van der Waals surface area contributed by atoms with Crippen LogP contribution in [-0.2, 0) is 9.59 Å². The molecule has 0 saturated heterocycles. The van der Waals surface area contributed by atoms with Crippen LogP contribution in [0.3, 0.4) is 0 Å². The van der Waals surface area contributed by atoms with Crippen molar-refractivity contribution < 1.29 is 9.59 Å². The van der Waals surface area contributed by atoms with Crippen LogP contribution in [-0.4, -0.2) is 30.9 Å². The number of hydrogen-bond donors (Lipinski definition) is 4. The van der Waals surface area contributed by atoms with E-state index >= 15 is 0 Å². The van der Waals surface area contributed by atoms with Crippen molar-refractivity contribution in [2.24, 2.45) is 35.1 Å². The number of nitrogens with one attached hydrogen (secondary N) is 2. The molecule has 5 atom stereocenters. The van der Waals surface area contributed by atoms with Crippen LogP contribution in [0.25, 0.3) is 0 Å². The second-order valence-electron chi connectivity index (χ2n) is 9.54. The molecular weight excluding hydrogens is 459 g/mol. The first-order valence-electron chi connectivity index (χ1n) is 11.9. The number of rotatable bonds is 11. The summed E-state index contributed by atoms with van der Waals surface area (Å²) in [4.78, 5) is 25.8. The number of halogens is 2. The van der Waals surface area contributed by atoms with Crippen molar-refractivity contribution in [2.75, 3.05) is 13.1 Å². The van der Waals surface area contributed by atoms with E-state index < -0.39 is 6.04 Å². The molecule has 1 fully saturated rings. The van der Waals surface area contributed by atoms with E-state index in [1.54, 1.807) is 0 Å². The van der Waals surface area contributed by atoms with Gasteiger partial charge in [0, 0.05) is 12.5 Å². The first-order chi connectivity index (χ1) is 14.8. The van der Waals surface area contributed by atoms with Crippen LogP contribution < -0.4 is 22.1 Å². The topological polar surface area (TPSA) is 110 Å². The monoisotopic (exact) mass is 502 g/mol. The van der Waals surface area contributed by atoms with Gasteiger partial charge in [-0.05, 0) is 55.5 Å². The third kappa shape index (κ3) is 10.2. The fourth-order valence-electron chi connectivity index (χ4n) is 4.69. The highest BCUT2D eigenvalue weighted by atomic mass is 35.5. The Balaban J connectivity index is 0.00000512. The van der Waals surface area contributed by atoms with Crippen molar-refractivity contribution in [1.82, 2.24) is 10.6 Å². The Morgan fingerprint density at radius 2 is 1.76 bits per heavy atom. The Labute approximate surface area is 212 Å².